The zero-order chi connectivity index (χ0) is 12.8. The SMILES string of the molecule is CNC(=O)C1COCCN1C(=O)NCC(=O)O. The minimum absolute atomic E-state index is 0.111. The van der Waals surface area contributed by atoms with Gasteiger partial charge in [-0.25, -0.2) is 4.79 Å². The fourth-order valence-electron chi connectivity index (χ4n) is 1.48. The summed E-state index contributed by atoms with van der Waals surface area (Å²) in [7, 11) is 1.46. The van der Waals surface area contributed by atoms with E-state index in [-0.39, 0.29) is 19.1 Å². The Morgan fingerprint density at radius 3 is 2.76 bits per heavy atom. The Morgan fingerprint density at radius 1 is 1.47 bits per heavy atom. The molecule has 1 atom stereocenters. The van der Waals surface area contributed by atoms with Crippen molar-refractivity contribution < 1.29 is 24.2 Å². The average Bonchev–Trinajstić information content (AvgIpc) is 2.34. The van der Waals surface area contributed by atoms with Crippen LogP contribution in [0.3, 0.4) is 0 Å². The standard InChI is InChI=1S/C9H15N3O5/c1-10-8(15)6-5-17-3-2-12(6)9(16)11-4-7(13)14/h6H,2-5H2,1H3,(H,10,15)(H,11,16)(H,13,14). The van der Waals surface area contributed by atoms with E-state index in [4.69, 9.17) is 9.84 Å². The van der Waals surface area contributed by atoms with Gasteiger partial charge in [0.25, 0.3) is 0 Å². The van der Waals surface area contributed by atoms with E-state index in [2.05, 4.69) is 10.6 Å². The van der Waals surface area contributed by atoms with Crippen LogP contribution in [0.25, 0.3) is 0 Å². The summed E-state index contributed by atoms with van der Waals surface area (Å²) in [5.74, 6) is -1.47. The van der Waals surface area contributed by atoms with Crippen molar-refractivity contribution in [1.82, 2.24) is 15.5 Å². The lowest BCUT2D eigenvalue weighted by molar-refractivity contribution is -0.135. The molecule has 1 aliphatic rings. The minimum Gasteiger partial charge on any atom is -0.480 e. The number of amides is 3. The van der Waals surface area contributed by atoms with E-state index in [1.807, 2.05) is 0 Å². The van der Waals surface area contributed by atoms with E-state index in [1.54, 1.807) is 0 Å². The predicted molar refractivity (Wildman–Crippen MR) is 56.4 cm³/mol. The van der Waals surface area contributed by atoms with Gasteiger partial charge in [0.15, 0.2) is 0 Å². The van der Waals surface area contributed by atoms with Gasteiger partial charge in [-0.15, -0.1) is 0 Å². The van der Waals surface area contributed by atoms with Gasteiger partial charge in [-0.3, -0.25) is 9.59 Å². The highest BCUT2D eigenvalue weighted by atomic mass is 16.5. The van der Waals surface area contributed by atoms with Crippen LogP contribution in [0.4, 0.5) is 4.79 Å². The summed E-state index contributed by atoms with van der Waals surface area (Å²) in [6.07, 6.45) is 0. The average molecular weight is 245 g/mol. The van der Waals surface area contributed by atoms with Crippen molar-refractivity contribution in [2.24, 2.45) is 0 Å². The molecule has 8 heteroatoms. The summed E-state index contributed by atoms with van der Waals surface area (Å²) in [5, 5.41) is 13.1. The number of carbonyl (C=O) groups excluding carboxylic acids is 2. The second-order valence-electron chi connectivity index (χ2n) is 3.45. The molecule has 0 saturated carbocycles. The van der Waals surface area contributed by atoms with Crippen LogP contribution < -0.4 is 10.6 Å². The van der Waals surface area contributed by atoms with Crippen LogP contribution in [0, 0.1) is 0 Å². The van der Waals surface area contributed by atoms with Gasteiger partial charge < -0.3 is 25.4 Å². The van der Waals surface area contributed by atoms with Crippen LogP contribution in [0.15, 0.2) is 0 Å². The van der Waals surface area contributed by atoms with E-state index in [1.165, 1.54) is 11.9 Å². The maximum absolute atomic E-state index is 11.6. The Bertz CT molecular complexity index is 320. The number of hydrogen-bond donors (Lipinski definition) is 3. The van der Waals surface area contributed by atoms with Crippen LogP contribution in [0.5, 0.6) is 0 Å². The minimum atomic E-state index is -1.14. The Kier molecular flexibility index (Phi) is 4.70. The molecule has 1 saturated heterocycles. The van der Waals surface area contributed by atoms with Crippen LogP contribution in [0.2, 0.25) is 0 Å². The lowest BCUT2D eigenvalue weighted by atomic mass is 10.2. The molecular formula is C9H15N3O5. The molecule has 1 heterocycles. The van der Waals surface area contributed by atoms with Crippen LogP contribution in [-0.2, 0) is 14.3 Å². The molecule has 0 bridgehead atoms. The number of likely N-dealkylation sites (N-methyl/N-ethyl adjacent to an activating group) is 1. The molecule has 1 rings (SSSR count). The Hall–Kier alpha value is -1.83. The smallest absolute Gasteiger partial charge is 0.323 e. The summed E-state index contributed by atoms with van der Waals surface area (Å²) in [6.45, 7) is 0.217. The molecule has 3 amide bonds. The highest BCUT2D eigenvalue weighted by Gasteiger charge is 2.32. The number of carboxylic acids is 1. The van der Waals surface area contributed by atoms with Crippen LogP contribution >= 0.6 is 0 Å². The molecule has 0 aromatic rings. The molecule has 0 aromatic carbocycles. The summed E-state index contributed by atoms with van der Waals surface area (Å²) in [5.41, 5.74) is 0. The maximum Gasteiger partial charge on any atom is 0.323 e. The fraction of sp³-hybridized carbons (Fsp3) is 0.667. The van der Waals surface area contributed by atoms with Gasteiger partial charge in [0, 0.05) is 13.6 Å². The molecule has 96 valence electrons. The predicted octanol–water partition coefficient (Wildman–Crippen LogP) is -1.77. The van der Waals surface area contributed by atoms with Crippen molar-refractivity contribution in [3.05, 3.63) is 0 Å². The molecule has 0 aliphatic carbocycles. The molecule has 1 fully saturated rings. The van der Waals surface area contributed by atoms with Crippen molar-refractivity contribution in [2.45, 2.75) is 6.04 Å². The number of carboxylic acid groups (broad SMARTS) is 1. The first kappa shape index (κ1) is 13.2. The molecule has 3 N–H and O–H groups in total. The van der Waals surface area contributed by atoms with Crippen LogP contribution in [0.1, 0.15) is 0 Å². The third-order valence-corrected chi connectivity index (χ3v) is 2.33. The first-order valence-electron chi connectivity index (χ1n) is 5.12. The third kappa shape index (κ3) is 3.59. The van der Waals surface area contributed by atoms with Crippen molar-refractivity contribution >= 4 is 17.9 Å². The van der Waals surface area contributed by atoms with Crippen molar-refractivity contribution in [2.75, 3.05) is 33.4 Å². The second kappa shape index (κ2) is 6.04. The fourth-order valence-corrected chi connectivity index (χ4v) is 1.48. The zero-order valence-electron chi connectivity index (χ0n) is 9.43. The molecule has 0 radical (unpaired) electrons. The van der Waals surface area contributed by atoms with Crippen LogP contribution in [-0.4, -0.2) is 67.3 Å². The molecular weight excluding hydrogens is 230 g/mol. The first-order chi connectivity index (χ1) is 8.06. The van der Waals surface area contributed by atoms with Gasteiger partial charge in [0.1, 0.15) is 12.6 Å². The molecule has 1 aliphatic heterocycles. The van der Waals surface area contributed by atoms with Gasteiger partial charge in [-0.05, 0) is 0 Å². The summed E-state index contributed by atoms with van der Waals surface area (Å²) in [4.78, 5) is 34.7. The molecule has 0 aromatic heterocycles. The zero-order valence-corrected chi connectivity index (χ0v) is 9.43. The number of nitrogens with one attached hydrogen (secondary N) is 2. The number of hydrogen-bond acceptors (Lipinski definition) is 4. The number of morpholine rings is 1. The Labute approximate surface area is 97.9 Å². The number of nitrogens with zero attached hydrogens (tertiary/aromatic N) is 1. The number of rotatable bonds is 3. The van der Waals surface area contributed by atoms with Crippen molar-refractivity contribution in [3.8, 4) is 0 Å². The summed E-state index contributed by atoms with van der Waals surface area (Å²) < 4.78 is 5.11. The molecule has 17 heavy (non-hydrogen) atoms. The lowest BCUT2D eigenvalue weighted by Crippen LogP contribution is -2.58. The van der Waals surface area contributed by atoms with Gasteiger partial charge >= 0.3 is 12.0 Å². The normalized spacial score (nSPS) is 19.6. The van der Waals surface area contributed by atoms with E-state index < -0.39 is 24.6 Å². The maximum atomic E-state index is 11.6. The molecule has 1 unspecified atom stereocenters. The largest absolute Gasteiger partial charge is 0.480 e. The van der Waals surface area contributed by atoms with Crippen molar-refractivity contribution in [1.29, 1.82) is 0 Å². The van der Waals surface area contributed by atoms with Gasteiger partial charge in [0.2, 0.25) is 5.91 Å². The first-order valence-corrected chi connectivity index (χ1v) is 5.12. The van der Waals surface area contributed by atoms with E-state index in [0.29, 0.717) is 6.61 Å². The molecule has 0 spiro atoms. The van der Waals surface area contributed by atoms with Gasteiger partial charge in [-0.2, -0.15) is 0 Å². The van der Waals surface area contributed by atoms with Crippen molar-refractivity contribution in [3.63, 3.8) is 0 Å². The third-order valence-electron chi connectivity index (χ3n) is 2.33. The highest BCUT2D eigenvalue weighted by molar-refractivity contribution is 5.88. The van der Waals surface area contributed by atoms with E-state index in [9.17, 15) is 14.4 Å². The number of urea groups is 1. The summed E-state index contributed by atoms with van der Waals surface area (Å²) >= 11 is 0. The van der Waals surface area contributed by atoms with Gasteiger partial charge in [-0.1, -0.05) is 0 Å². The van der Waals surface area contributed by atoms with Gasteiger partial charge in [0.05, 0.1) is 13.2 Å². The lowest BCUT2D eigenvalue weighted by Gasteiger charge is -2.34. The topological polar surface area (TPSA) is 108 Å². The van der Waals surface area contributed by atoms with E-state index in [0.717, 1.165) is 0 Å². The van der Waals surface area contributed by atoms with E-state index >= 15 is 0 Å². The number of ether oxygens (including phenoxy) is 1. The number of carbonyl (C=O) groups is 3. The Balaban J connectivity index is 2.60. The monoisotopic (exact) mass is 245 g/mol. The number of aliphatic carboxylic acids is 1. The molecule has 8 nitrogen and oxygen atoms in total. The quantitative estimate of drug-likeness (QED) is 0.545. The highest BCUT2D eigenvalue weighted by Crippen LogP contribution is 2.07. The Morgan fingerprint density at radius 2 is 2.18 bits per heavy atom. The summed E-state index contributed by atoms with van der Waals surface area (Å²) in [6, 6.07) is -1.30. The second-order valence-corrected chi connectivity index (χ2v) is 3.45.